The normalized spacial score (nSPS) is 32.7. The Bertz CT molecular complexity index is 388. The van der Waals surface area contributed by atoms with E-state index in [-0.39, 0.29) is 0 Å². The first kappa shape index (κ1) is 16.4. The molecule has 0 radical (unpaired) electrons. The Morgan fingerprint density at radius 2 is 1.61 bits per heavy atom. The van der Waals surface area contributed by atoms with Crippen molar-refractivity contribution < 1.29 is 4.74 Å². The van der Waals surface area contributed by atoms with Gasteiger partial charge in [-0.1, -0.05) is 19.3 Å². The molecule has 1 atom stereocenters. The van der Waals surface area contributed by atoms with Gasteiger partial charge in [0.2, 0.25) is 0 Å². The van der Waals surface area contributed by atoms with E-state index in [9.17, 15) is 0 Å². The van der Waals surface area contributed by atoms with Crippen molar-refractivity contribution in [2.45, 2.75) is 70.8 Å². The fourth-order valence-electron chi connectivity index (χ4n) is 5.87. The van der Waals surface area contributed by atoms with Gasteiger partial charge in [-0.25, -0.2) is 0 Å². The van der Waals surface area contributed by atoms with Gasteiger partial charge >= 0.3 is 0 Å². The van der Waals surface area contributed by atoms with Crippen LogP contribution in [0.25, 0.3) is 0 Å². The molecule has 0 bridgehead atoms. The van der Waals surface area contributed by atoms with Crippen LogP contribution in [0.15, 0.2) is 0 Å². The highest BCUT2D eigenvalue weighted by Gasteiger charge is 2.41. The van der Waals surface area contributed by atoms with Crippen molar-refractivity contribution in [2.24, 2.45) is 10.8 Å². The minimum Gasteiger partial charge on any atom is -0.381 e. The molecule has 2 spiro atoms. The molecule has 0 N–H and O–H groups in total. The van der Waals surface area contributed by atoms with Crippen molar-refractivity contribution in [3.8, 4) is 0 Å². The summed E-state index contributed by atoms with van der Waals surface area (Å²) in [5.74, 6) is 0. The maximum absolute atomic E-state index is 5.68. The molecule has 3 aliphatic heterocycles. The van der Waals surface area contributed by atoms with Crippen LogP contribution < -0.4 is 0 Å². The molecular weight excluding hydrogens is 284 g/mol. The lowest BCUT2D eigenvalue weighted by atomic mass is 9.73. The highest BCUT2D eigenvalue weighted by Crippen LogP contribution is 2.44. The molecule has 4 fully saturated rings. The van der Waals surface area contributed by atoms with Crippen LogP contribution in [0.2, 0.25) is 0 Å². The van der Waals surface area contributed by atoms with Gasteiger partial charge in [0.15, 0.2) is 0 Å². The Labute approximate surface area is 142 Å². The molecule has 4 aliphatic rings. The predicted octanol–water partition coefficient (Wildman–Crippen LogP) is 3.53. The Balaban J connectivity index is 1.25. The van der Waals surface area contributed by atoms with Crippen LogP contribution in [0.5, 0.6) is 0 Å². The van der Waals surface area contributed by atoms with E-state index >= 15 is 0 Å². The van der Waals surface area contributed by atoms with Gasteiger partial charge in [-0.3, -0.25) is 4.90 Å². The first-order valence-corrected chi connectivity index (χ1v) is 10.2. The third kappa shape index (κ3) is 3.48. The summed E-state index contributed by atoms with van der Waals surface area (Å²) >= 11 is 0. The molecule has 3 saturated heterocycles. The summed E-state index contributed by atoms with van der Waals surface area (Å²) in [6.07, 6.45) is 13.0. The molecule has 3 heterocycles. The van der Waals surface area contributed by atoms with Crippen LogP contribution in [-0.2, 0) is 4.74 Å². The Morgan fingerprint density at radius 3 is 2.30 bits per heavy atom. The molecule has 0 aromatic heterocycles. The molecule has 132 valence electrons. The summed E-state index contributed by atoms with van der Waals surface area (Å²) in [5.41, 5.74) is 1.27. The average molecular weight is 321 g/mol. The van der Waals surface area contributed by atoms with E-state index in [0.717, 1.165) is 19.3 Å². The second-order valence-electron chi connectivity index (χ2n) is 9.23. The summed E-state index contributed by atoms with van der Waals surface area (Å²) < 4.78 is 5.68. The number of likely N-dealkylation sites (tertiary alicyclic amines) is 2. The highest BCUT2D eigenvalue weighted by molar-refractivity contribution is 4.94. The third-order valence-electron chi connectivity index (χ3n) is 7.62. The van der Waals surface area contributed by atoms with Gasteiger partial charge in [-0.15, -0.1) is 0 Å². The fourth-order valence-corrected chi connectivity index (χ4v) is 5.87. The molecular formula is C20H36N2O. The predicted molar refractivity (Wildman–Crippen MR) is 94.7 cm³/mol. The van der Waals surface area contributed by atoms with E-state index < -0.39 is 0 Å². The molecule has 0 aromatic rings. The quantitative estimate of drug-likeness (QED) is 0.791. The topological polar surface area (TPSA) is 15.7 Å². The standard InChI is InChI=1S/C20H36N2O/c1-18(22-12-8-20(9-13-22)10-14-23-17-20)15-21-11-7-19(16-21)5-3-2-4-6-19/h18H,2-17H2,1H3. The van der Waals surface area contributed by atoms with Crippen LogP contribution in [0.1, 0.15) is 64.7 Å². The Hall–Kier alpha value is -0.120. The third-order valence-corrected chi connectivity index (χ3v) is 7.62. The van der Waals surface area contributed by atoms with Crippen LogP contribution in [0.3, 0.4) is 0 Å². The molecule has 1 saturated carbocycles. The van der Waals surface area contributed by atoms with Gasteiger partial charge in [-0.2, -0.15) is 0 Å². The second kappa shape index (κ2) is 6.65. The maximum atomic E-state index is 5.68. The van der Waals surface area contributed by atoms with Gasteiger partial charge in [-0.05, 0) is 75.9 Å². The first-order valence-electron chi connectivity index (χ1n) is 10.2. The highest BCUT2D eigenvalue weighted by atomic mass is 16.5. The van der Waals surface area contributed by atoms with Gasteiger partial charge < -0.3 is 9.64 Å². The zero-order valence-corrected chi connectivity index (χ0v) is 15.2. The fraction of sp³-hybridized carbons (Fsp3) is 1.00. The number of ether oxygens (including phenoxy) is 1. The van der Waals surface area contributed by atoms with Crippen LogP contribution in [0, 0.1) is 10.8 Å². The maximum Gasteiger partial charge on any atom is 0.0524 e. The molecule has 1 aliphatic carbocycles. The van der Waals surface area contributed by atoms with Crippen molar-refractivity contribution in [1.82, 2.24) is 9.80 Å². The van der Waals surface area contributed by atoms with Gasteiger partial charge in [0.25, 0.3) is 0 Å². The lowest BCUT2D eigenvalue weighted by Gasteiger charge is -2.42. The summed E-state index contributed by atoms with van der Waals surface area (Å²) in [6, 6.07) is 0.730. The number of hydrogen-bond donors (Lipinski definition) is 0. The Kier molecular flexibility index (Phi) is 4.73. The zero-order chi connectivity index (χ0) is 15.8. The van der Waals surface area contributed by atoms with E-state index in [1.807, 2.05) is 0 Å². The molecule has 0 amide bonds. The monoisotopic (exact) mass is 320 g/mol. The molecule has 4 rings (SSSR count). The first-order chi connectivity index (χ1) is 11.2. The van der Waals surface area contributed by atoms with Crippen molar-refractivity contribution in [2.75, 3.05) is 45.9 Å². The van der Waals surface area contributed by atoms with E-state index in [4.69, 9.17) is 4.74 Å². The van der Waals surface area contributed by atoms with E-state index in [1.54, 1.807) is 0 Å². The van der Waals surface area contributed by atoms with E-state index in [0.29, 0.717) is 10.8 Å². The molecule has 3 nitrogen and oxygen atoms in total. The minimum atomic E-state index is 0.552. The summed E-state index contributed by atoms with van der Waals surface area (Å²) in [5, 5.41) is 0. The summed E-state index contributed by atoms with van der Waals surface area (Å²) in [7, 11) is 0. The number of nitrogens with zero attached hydrogens (tertiary/aromatic N) is 2. The van der Waals surface area contributed by atoms with E-state index in [1.165, 1.54) is 90.5 Å². The van der Waals surface area contributed by atoms with Crippen molar-refractivity contribution >= 4 is 0 Å². The Morgan fingerprint density at radius 1 is 0.870 bits per heavy atom. The van der Waals surface area contributed by atoms with Gasteiger partial charge in [0.1, 0.15) is 0 Å². The molecule has 1 unspecified atom stereocenters. The molecule has 3 heteroatoms. The number of hydrogen-bond acceptors (Lipinski definition) is 3. The lowest BCUT2D eigenvalue weighted by molar-refractivity contribution is 0.0519. The average Bonchev–Trinajstić information content (AvgIpc) is 3.17. The summed E-state index contributed by atoms with van der Waals surface area (Å²) in [6.45, 7) is 11.1. The van der Waals surface area contributed by atoms with Crippen LogP contribution >= 0.6 is 0 Å². The van der Waals surface area contributed by atoms with E-state index in [2.05, 4.69) is 16.7 Å². The number of piperidine rings is 1. The zero-order valence-electron chi connectivity index (χ0n) is 15.2. The van der Waals surface area contributed by atoms with Crippen molar-refractivity contribution in [1.29, 1.82) is 0 Å². The van der Waals surface area contributed by atoms with Gasteiger partial charge in [0.05, 0.1) is 6.61 Å². The van der Waals surface area contributed by atoms with Crippen LogP contribution in [-0.4, -0.2) is 61.8 Å². The summed E-state index contributed by atoms with van der Waals surface area (Å²) in [4.78, 5) is 5.55. The molecule has 0 aromatic carbocycles. The van der Waals surface area contributed by atoms with Crippen molar-refractivity contribution in [3.63, 3.8) is 0 Å². The SMILES string of the molecule is CC(CN1CCC2(CCCCC2)C1)N1CCC2(CCOC2)CC1. The second-order valence-corrected chi connectivity index (χ2v) is 9.23. The van der Waals surface area contributed by atoms with Gasteiger partial charge in [0, 0.05) is 25.7 Å². The minimum absolute atomic E-state index is 0.552. The lowest BCUT2D eigenvalue weighted by Crippen LogP contribution is -2.48. The molecule has 23 heavy (non-hydrogen) atoms. The smallest absolute Gasteiger partial charge is 0.0524 e. The largest absolute Gasteiger partial charge is 0.381 e. The van der Waals surface area contributed by atoms with Crippen molar-refractivity contribution in [3.05, 3.63) is 0 Å². The van der Waals surface area contributed by atoms with Crippen LogP contribution in [0.4, 0.5) is 0 Å². The number of rotatable bonds is 3.